The van der Waals surface area contributed by atoms with Crippen LogP contribution in [0.3, 0.4) is 0 Å². The molecule has 2 saturated heterocycles. The first kappa shape index (κ1) is 19.9. The molecule has 1 aromatic carbocycles. The number of carbonyl (C=O) groups is 1. The van der Waals surface area contributed by atoms with Crippen LogP contribution in [-0.2, 0) is 9.53 Å². The summed E-state index contributed by atoms with van der Waals surface area (Å²) in [5, 5.41) is 4.85. The van der Waals surface area contributed by atoms with Gasteiger partial charge in [-0.15, -0.1) is 0 Å². The van der Waals surface area contributed by atoms with Gasteiger partial charge in [0.2, 0.25) is 5.91 Å². The van der Waals surface area contributed by atoms with Crippen LogP contribution in [0.25, 0.3) is 16.9 Å². The second-order valence-corrected chi connectivity index (χ2v) is 8.42. The number of hydrogen-bond acceptors (Lipinski definition) is 6. The summed E-state index contributed by atoms with van der Waals surface area (Å²) in [6, 6.07) is 18.1. The zero-order chi connectivity index (χ0) is 22.2. The lowest BCUT2D eigenvalue weighted by atomic mass is 9.99. The molecule has 8 nitrogen and oxygen atoms in total. The number of nitrogens with zero attached hydrogens (tertiary/aromatic N) is 6. The van der Waals surface area contributed by atoms with Gasteiger partial charge in [0.05, 0.1) is 18.9 Å². The summed E-state index contributed by atoms with van der Waals surface area (Å²) in [6.07, 6.45) is 4.01. The van der Waals surface area contributed by atoms with E-state index < -0.39 is 0 Å². The van der Waals surface area contributed by atoms with E-state index in [2.05, 4.69) is 22.0 Å². The third-order valence-corrected chi connectivity index (χ3v) is 6.38. The van der Waals surface area contributed by atoms with Crippen molar-refractivity contribution < 1.29 is 9.53 Å². The van der Waals surface area contributed by atoms with Crippen molar-refractivity contribution in [3.05, 3.63) is 72.6 Å². The molecule has 3 aromatic heterocycles. The zero-order valence-corrected chi connectivity index (χ0v) is 18.2. The van der Waals surface area contributed by atoms with Crippen LogP contribution in [0.4, 0.5) is 11.6 Å². The highest BCUT2D eigenvalue weighted by Gasteiger charge is 2.33. The lowest BCUT2D eigenvalue weighted by Gasteiger charge is -2.29. The van der Waals surface area contributed by atoms with Crippen molar-refractivity contribution in [2.45, 2.75) is 12.3 Å². The van der Waals surface area contributed by atoms with Crippen LogP contribution in [0.2, 0.25) is 0 Å². The monoisotopic (exact) mass is 440 g/mol. The Bertz CT molecular complexity index is 1280. The van der Waals surface area contributed by atoms with E-state index in [0.29, 0.717) is 32.0 Å². The molecule has 1 atom stereocenters. The third-order valence-electron chi connectivity index (χ3n) is 6.38. The first-order valence-corrected chi connectivity index (χ1v) is 11.3. The van der Waals surface area contributed by atoms with Crippen LogP contribution in [0.15, 0.2) is 67.0 Å². The van der Waals surface area contributed by atoms with Gasteiger partial charge in [-0.2, -0.15) is 9.61 Å². The van der Waals surface area contributed by atoms with Crippen molar-refractivity contribution in [1.29, 1.82) is 0 Å². The number of carbonyl (C=O) groups excluding carboxylic acids is 1. The normalized spacial score (nSPS) is 18.9. The highest BCUT2D eigenvalue weighted by Crippen LogP contribution is 2.33. The van der Waals surface area contributed by atoms with Crippen molar-refractivity contribution in [2.24, 2.45) is 0 Å². The van der Waals surface area contributed by atoms with Crippen molar-refractivity contribution in [1.82, 2.24) is 19.6 Å². The molecule has 1 amide bonds. The van der Waals surface area contributed by atoms with Gasteiger partial charge < -0.3 is 9.64 Å². The molecule has 2 aliphatic rings. The molecule has 166 valence electrons. The fourth-order valence-electron chi connectivity index (χ4n) is 4.64. The van der Waals surface area contributed by atoms with E-state index >= 15 is 0 Å². The maximum Gasteiger partial charge on any atom is 0.228 e. The van der Waals surface area contributed by atoms with E-state index in [1.54, 1.807) is 12.4 Å². The topological polar surface area (TPSA) is 75.9 Å². The second-order valence-electron chi connectivity index (χ2n) is 8.42. The summed E-state index contributed by atoms with van der Waals surface area (Å²) < 4.78 is 7.43. The molecule has 2 fully saturated rings. The van der Waals surface area contributed by atoms with E-state index in [1.807, 2.05) is 51.9 Å². The minimum atomic E-state index is 0.0995. The summed E-state index contributed by atoms with van der Waals surface area (Å²) in [5.41, 5.74) is 3.71. The number of aromatic nitrogens is 4. The Morgan fingerprint density at radius 1 is 0.970 bits per heavy atom. The largest absolute Gasteiger partial charge is 0.378 e. The Morgan fingerprint density at radius 2 is 1.76 bits per heavy atom. The van der Waals surface area contributed by atoms with Gasteiger partial charge >= 0.3 is 0 Å². The lowest BCUT2D eigenvalue weighted by Crippen LogP contribution is -2.38. The van der Waals surface area contributed by atoms with Gasteiger partial charge in [0, 0.05) is 62.1 Å². The van der Waals surface area contributed by atoms with Crippen molar-refractivity contribution >= 4 is 23.2 Å². The molecule has 2 aliphatic heterocycles. The summed E-state index contributed by atoms with van der Waals surface area (Å²) >= 11 is 0. The van der Waals surface area contributed by atoms with Gasteiger partial charge in [-0.05, 0) is 17.7 Å². The fourth-order valence-corrected chi connectivity index (χ4v) is 4.64. The summed E-state index contributed by atoms with van der Waals surface area (Å²) in [7, 11) is 0. The van der Waals surface area contributed by atoms with Crippen molar-refractivity contribution in [3.63, 3.8) is 0 Å². The Morgan fingerprint density at radius 3 is 2.55 bits per heavy atom. The van der Waals surface area contributed by atoms with E-state index in [4.69, 9.17) is 14.8 Å². The number of amides is 1. The van der Waals surface area contributed by atoms with Crippen LogP contribution >= 0.6 is 0 Å². The molecule has 0 aliphatic carbocycles. The maximum absolute atomic E-state index is 13.0. The quantitative estimate of drug-likeness (QED) is 0.485. The summed E-state index contributed by atoms with van der Waals surface area (Å²) in [5.74, 6) is 1.87. The Balaban J connectivity index is 1.42. The second kappa shape index (κ2) is 8.29. The average molecular weight is 441 g/mol. The Kier molecular flexibility index (Phi) is 4.99. The number of anilines is 2. The fraction of sp³-hybridized carbons (Fsp3) is 0.280. The minimum Gasteiger partial charge on any atom is -0.378 e. The molecule has 0 N–H and O–H groups in total. The van der Waals surface area contributed by atoms with Crippen molar-refractivity contribution in [3.8, 4) is 11.3 Å². The van der Waals surface area contributed by atoms with Gasteiger partial charge in [0.1, 0.15) is 11.6 Å². The highest BCUT2D eigenvalue weighted by molar-refractivity contribution is 5.96. The SMILES string of the molecule is O=C1CC(c2ccccc2)CN1c1cc(N2CCOCC2)n2nc(-c3ccncc3)cc2n1. The predicted molar refractivity (Wildman–Crippen MR) is 125 cm³/mol. The van der Waals surface area contributed by atoms with Gasteiger partial charge in [0.25, 0.3) is 0 Å². The average Bonchev–Trinajstić information content (AvgIpc) is 3.49. The van der Waals surface area contributed by atoms with Gasteiger partial charge in [0.15, 0.2) is 5.65 Å². The number of benzene rings is 1. The molecular formula is C25H24N6O2. The molecule has 33 heavy (non-hydrogen) atoms. The standard InChI is InChI=1S/C25H24N6O2/c32-25-14-20(18-4-2-1-3-5-18)17-30(25)22-16-24(29-10-12-33-13-11-29)31-23(27-22)15-21(28-31)19-6-8-26-9-7-19/h1-9,15-16,20H,10-14,17H2. The highest BCUT2D eigenvalue weighted by atomic mass is 16.5. The Labute approximate surface area is 191 Å². The van der Waals surface area contributed by atoms with Gasteiger partial charge in [-0.25, -0.2) is 4.98 Å². The van der Waals surface area contributed by atoms with Crippen LogP contribution in [0.1, 0.15) is 17.9 Å². The van der Waals surface area contributed by atoms with Gasteiger partial charge in [-0.3, -0.25) is 14.7 Å². The number of fused-ring (bicyclic) bond motifs is 1. The number of hydrogen-bond donors (Lipinski definition) is 0. The smallest absolute Gasteiger partial charge is 0.228 e. The molecular weight excluding hydrogens is 416 g/mol. The molecule has 0 saturated carbocycles. The maximum atomic E-state index is 13.0. The molecule has 1 unspecified atom stereocenters. The van der Waals surface area contributed by atoms with Crippen LogP contribution < -0.4 is 9.80 Å². The molecule has 6 rings (SSSR count). The molecule has 4 aromatic rings. The van der Waals surface area contributed by atoms with E-state index in [9.17, 15) is 4.79 Å². The summed E-state index contributed by atoms with van der Waals surface area (Å²) in [4.78, 5) is 26.1. The Hall–Kier alpha value is -3.78. The number of ether oxygens (including phenoxy) is 1. The van der Waals surface area contributed by atoms with Crippen LogP contribution in [0, 0.1) is 0 Å². The molecule has 5 heterocycles. The summed E-state index contributed by atoms with van der Waals surface area (Å²) in [6.45, 7) is 3.49. The van der Waals surface area contributed by atoms with Crippen LogP contribution in [0.5, 0.6) is 0 Å². The van der Waals surface area contributed by atoms with Gasteiger partial charge in [-0.1, -0.05) is 30.3 Å². The number of morpholine rings is 1. The van der Waals surface area contributed by atoms with Crippen LogP contribution in [-0.4, -0.2) is 58.3 Å². The molecule has 8 heteroatoms. The zero-order valence-electron chi connectivity index (χ0n) is 18.2. The minimum absolute atomic E-state index is 0.0995. The number of pyridine rings is 1. The lowest BCUT2D eigenvalue weighted by molar-refractivity contribution is -0.117. The number of rotatable bonds is 4. The molecule has 0 radical (unpaired) electrons. The van der Waals surface area contributed by atoms with E-state index in [1.165, 1.54) is 5.56 Å². The van der Waals surface area contributed by atoms with E-state index in [0.717, 1.165) is 35.8 Å². The van der Waals surface area contributed by atoms with E-state index in [-0.39, 0.29) is 11.8 Å². The first-order valence-electron chi connectivity index (χ1n) is 11.3. The molecule has 0 bridgehead atoms. The van der Waals surface area contributed by atoms with Crippen molar-refractivity contribution in [2.75, 3.05) is 42.6 Å². The molecule has 0 spiro atoms. The third kappa shape index (κ3) is 3.72. The predicted octanol–water partition coefficient (Wildman–Crippen LogP) is 3.15. The first-order chi connectivity index (χ1) is 16.3.